The number of pyridine rings is 1. The fourth-order valence-electron chi connectivity index (χ4n) is 3.41. The van der Waals surface area contributed by atoms with E-state index in [0.717, 1.165) is 23.6 Å². The number of hydrogen-bond acceptors (Lipinski definition) is 3. The molecule has 2 rings (SSSR count). The Morgan fingerprint density at radius 2 is 2.14 bits per heavy atom. The Hall–Kier alpha value is -0.970. The third-order valence-electron chi connectivity index (χ3n) is 4.79. The van der Waals surface area contributed by atoms with Crippen molar-refractivity contribution in [2.45, 2.75) is 57.7 Å². The molecule has 0 spiro atoms. The molecule has 1 aromatic rings. The van der Waals surface area contributed by atoms with Crippen molar-refractivity contribution >= 4 is 21.6 Å². The van der Waals surface area contributed by atoms with Crippen molar-refractivity contribution in [2.75, 3.05) is 0 Å². The monoisotopic (exact) mass is 354 g/mol. The van der Waals surface area contributed by atoms with Gasteiger partial charge in [0.25, 0.3) is 5.69 Å². The number of halogens is 1. The van der Waals surface area contributed by atoms with Gasteiger partial charge in [0.1, 0.15) is 0 Å². The number of nitro groups is 1. The van der Waals surface area contributed by atoms with Gasteiger partial charge in [0.2, 0.25) is 0 Å². The van der Waals surface area contributed by atoms with E-state index >= 15 is 0 Å². The minimum atomic E-state index is -0.281. The second kappa shape index (κ2) is 6.86. The molecule has 0 radical (unpaired) electrons. The van der Waals surface area contributed by atoms with E-state index in [2.05, 4.69) is 27.8 Å². The van der Waals surface area contributed by atoms with Crippen LogP contribution < -0.4 is 0 Å². The minimum absolute atomic E-state index is 0.231. The highest BCUT2D eigenvalue weighted by atomic mass is 79.9. The SMILES string of the molecule is CCC1CCC(Br)C(Cc2ncc(C)c([N+](=O)[O-])c2C)C1. The molecule has 0 bridgehead atoms. The molecule has 21 heavy (non-hydrogen) atoms. The summed E-state index contributed by atoms with van der Waals surface area (Å²) in [5.74, 6) is 1.31. The summed E-state index contributed by atoms with van der Waals surface area (Å²) in [5, 5.41) is 11.2. The van der Waals surface area contributed by atoms with Crippen LogP contribution in [0, 0.1) is 35.8 Å². The molecule has 1 aromatic heterocycles. The molecule has 3 unspecified atom stereocenters. The predicted molar refractivity (Wildman–Crippen MR) is 87.9 cm³/mol. The van der Waals surface area contributed by atoms with Gasteiger partial charge in [-0.3, -0.25) is 15.1 Å². The molecule has 1 saturated carbocycles. The highest BCUT2D eigenvalue weighted by Gasteiger charge is 2.30. The lowest BCUT2D eigenvalue weighted by Crippen LogP contribution is -2.27. The van der Waals surface area contributed by atoms with Crippen molar-refractivity contribution in [1.29, 1.82) is 0 Å². The molecule has 1 heterocycles. The van der Waals surface area contributed by atoms with Gasteiger partial charge in [-0.15, -0.1) is 0 Å². The highest BCUT2D eigenvalue weighted by molar-refractivity contribution is 9.09. The summed E-state index contributed by atoms with van der Waals surface area (Å²) in [5.41, 5.74) is 2.50. The van der Waals surface area contributed by atoms with Crippen LogP contribution in [0.2, 0.25) is 0 Å². The van der Waals surface area contributed by atoms with Crippen molar-refractivity contribution in [3.05, 3.63) is 33.1 Å². The van der Waals surface area contributed by atoms with Crippen LogP contribution >= 0.6 is 15.9 Å². The largest absolute Gasteiger partial charge is 0.278 e. The third-order valence-corrected chi connectivity index (χ3v) is 5.99. The van der Waals surface area contributed by atoms with Crippen LogP contribution in [-0.4, -0.2) is 14.7 Å². The van der Waals surface area contributed by atoms with Gasteiger partial charge in [-0.05, 0) is 51.4 Å². The van der Waals surface area contributed by atoms with Gasteiger partial charge in [0.15, 0.2) is 0 Å². The zero-order chi connectivity index (χ0) is 15.6. The fraction of sp³-hybridized carbons (Fsp3) is 0.688. The lowest BCUT2D eigenvalue weighted by atomic mass is 9.78. The normalized spacial score (nSPS) is 25.8. The molecule has 0 aromatic carbocycles. The van der Waals surface area contributed by atoms with Gasteiger partial charge in [-0.1, -0.05) is 29.3 Å². The van der Waals surface area contributed by atoms with Crippen LogP contribution in [0.4, 0.5) is 5.69 Å². The smallest absolute Gasteiger partial charge is 0.260 e. The van der Waals surface area contributed by atoms with Gasteiger partial charge in [0.05, 0.1) is 10.6 Å². The number of aryl methyl sites for hydroxylation is 1. The molecule has 0 amide bonds. The van der Waals surface area contributed by atoms with Crippen LogP contribution in [0.25, 0.3) is 0 Å². The van der Waals surface area contributed by atoms with Crippen LogP contribution in [-0.2, 0) is 6.42 Å². The van der Waals surface area contributed by atoms with Gasteiger partial charge in [0, 0.05) is 22.2 Å². The molecule has 1 aliphatic rings. The number of nitrogens with zero attached hydrogens (tertiary/aromatic N) is 2. The fourth-order valence-corrected chi connectivity index (χ4v) is 4.07. The maximum atomic E-state index is 11.2. The Balaban J connectivity index is 2.23. The maximum Gasteiger partial charge on any atom is 0.278 e. The zero-order valence-corrected chi connectivity index (χ0v) is 14.5. The average molecular weight is 355 g/mol. The molecule has 116 valence electrons. The molecule has 5 heteroatoms. The number of alkyl halides is 1. The Kier molecular flexibility index (Phi) is 5.36. The molecule has 0 aliphatic heterocycles. The molecule has 3 atom stereocenters. The average Bonchev–Trinajstić information content (AvgIpc) is 2.43. The van der Waals surface area contributed by atoms with Crippen molar-refractivity contribution in [3.63, 3.8) is 0 Å². The van der Waals surface area contributed by atoms with Crippen molar-refractivity contribution in [3.8, 4) is 0 Å². The summed E-state index contributed by atoms with van der Waals surface area (Å²) in [7, 11) is 0. The summed E-state index contributed by atoms with van der Waals surface area (Å²) >= 11 is 3.79. The van der Waals surface area contributed by atoms with Gasteiger partial charge >= 0.3 is 0 Å². The van der Waals surface area contributed by atoms with E-state index in [1.165, 1.54) is 25.7 Å². The highest BCUT2D eigenvalue weighted by Crippen LogP contribution is 2.38. The van der Waals surface area contributed by atoms with E-state index in [1.807, 2.05) is 6.92 Å². The van der Waals surface area contributed by atoms with Crippen molar-refractivity contribution < 1.29 is 4.92 Å². The lowest BCUT2D eigenvalue weighted by Gasteiger charge is -2.33. The van der Waals surface area contributed by atoms with Crippen LogP contribution in [0.15, 0.2) is 6.20 Å². The van der Waals surface area contributed by atoms with E-state index in [1.54, 1.807) is 13.1 Å². The van der Waals surface area contributed by atoms with Crippen LogP contribution in [0.5, 0.6) is 0 Å². The van der Waals surface area contributed by atoms with Gasteiger partial charge in [-0.25, -0.2) is 0 Å². The number of aromatic nitrogens is 1. The summed E-state index contributed by atoms with van der Waals surface area (Å²) in [6.07, 6.45) is 7.36. The Bertz CT molecular complexity index is 533. The Morgan fingerprint density at radius 1 is 1.43 bits per heavy atom. The van der Waals surface area contributed by atoms with E-state index in [-0.39, 0.29) is 10.6 Å². The van der Waals surface area contributed by atoms with E-state index in [9.17, 15) is 10.1 Å². The second-order valence-corrected chi connectivity index (χ2v) is 7.36. The predicted octanol–water partition coefficient (Wildman–Crippen LogP) is 4.74. The lowest BCUT2D eigenvalue weighted by molar-refractivity contribution is -0.386. The number of rotatable bonds is 4. The molecule has 0 N–H and O–H groups in total. The van der Waals surface area contributed by atoms with Crippen molar-refractivity contribution in [2.24, 2.45) is 11.8 Å². The quantitative estimate of drug-likeness (QED) is 0.445. The van der Waals surface area contributed by atoms with Crippen LogP contribution in [0.1, 0.15) is 49.4 Å². The molecule has 1 fully saturated rings. The van der Waals surface area contributed by atoms with Crippen molar-refractivity contribution in [1.82, 2.24) is 4.98 Å². The first-order chi connectivity index (χ1) is 9.93. The van der Waals surface area contributed by atoms with E-state index in [0.29, 0.717) is 16.3 Å². The third kappa shape index (κ3) is 3.62. The summed E-state index contributed by atoms with van der Waals surface area (Å²) < 4.78 is 0. The topological polar surface area (TPSA) is 56.0 Å². The first kappa shape index (κ1) is 16.4. The first-order valence-electron chi connectivity index (χ1n) is 7.67. The molecular formula is C16H23BrN2O2. The van der Waals surface area contributed by atoms with Gasteiger partial charge in [-0.2, -0.15) is 0 Å². The first-order valence-corrected chi connectivity index (χ1v) is 8.59. The van der Waals surface area contributed by atoms with E-state index in [4.69, 9.17) is 0 Å². The molecule has 4 nitrogen and oxygen atoms in total. The summed E-state index contributed by atoms with van der Waals surface area (Å²) in [6.45, 7) is 5.83. The van der Waals surface area contributed by atoms with Gasteiger partial charge < -0.3 is 0 Å². The molecule has 0 saturated heterocycles. The zero-order valence-electron chi connectivity index (χ0n) is 12.9. The maximum absolute atomic E-state index is 11.2. The molecule has 1 aliphatic carbocycles. The molecular weight excluding hydrogens is 332 g/mol. The standard InChI is InChI=1S/C16H23BrN2O2/c1-4-12-5-6-14(17)13(7-12)8-15-11(3)16(19(20)21)10(2)9-18-15/h9,12-14H,4-8H2,1-3H3. The Labute approximate surface area is 134 Å². The summed E-state index contributed by atoms with van der Waals surface area (Å²) in [4.78, 5) is 15.9. The number of hydrogen-bond donors (Lipinski definition) is 0. The minimum Gasteiger partial charge on any atom is -0.260 e. The van der Waals surface area contributed by atoms with Crippen LogP contribution in [0.3, 0.4) is 0 Å². The second-order valence-electron chi connectivity index (χ2n) is 6.19. The van der Waals surface area contributed by atoms with E-state index < -0.39 is 0 Å². The summed E-state index contributed by atoms with van der Waals surface area (Å²) in [6, 6.07) is 0. The Morgan fingerprint density at radius 3 is 2.76 bits per heavy atom.